The summed E-state index contributed by atoms with van der Waals surface area (Å²) in [6.45, 7) is 4.67. The number of hydrogen-bond donors (Lipinski definition) is 1. The smallest absolute Gasteiger partial charge is 0.0877 e. The van der Waals surface area contributed by atoms with Gasteiger partial charge in [0.15, 0.2) is 0 Å². The summed E-state index contributed by atoms with van der Waals surface area (Å²) in [5.41, 5.74) is 7.52. The van der Waals surface area contributed by atoms with Crippen LogP contribution in [0.25, 0.3) is 6.08 Å². The molecule has 0 amide bonds. The molecule has 2 nitrogen and oxygen atoms in total. The number of benzene rings is 1. The van der Waals surface area contributed by atoms with Gasteiger partial charge in [0.2, 0.25) is 0 Å². The van der Waals surface area contributed by atoms with Gasteiger partial charge < -0.3 is 10.5 Å². The molecule has 0 spiro atoms. The first-order valence-electron chi connectivity index (χ1n) is 5.13. The van der Waals surface area contributed by atoms with Crippen LogP contribution in [-0.4, -0.2) is 13.7 Å². The Balaban J connectivity index is 3.11. The summed E-state index contributed by atoms with van der Waals surface area (Å²) in [5, 5.41) is 0. The summed E-state index contributed by atoms with van der Waals surface area (Å²) in [6, 6.07) is 8.20. The molecule has 2 N–H and O–H groups in total. The van der Waals surface area contributed by atoms with E-state index in [4.69, 9.17) is 10.5 Å². The minimum Gasteiger partial charge on any atom is -0.374 e. The van der Waals surface area contributed by atoms with E-state index in [-0.39, 0.29) is 5.60 Å². The summed E-state index contributed by atoms with van der Waals surface area (Å²) >= 11 is 0. The Kier molecular flexibility index (Phi) is 4.06. The predicted molar refractivity (Wildman–Crippen MR) is 64.6 cm³/mol. The van der Waals surface area contributed by atoms with Crippen LogP contribution in [0.15, 0.2) is 30.3 Å². The molecule has 0 fully saturated rings. The fourth-order valence-corrected chi connectivity index (χ4v) is 1.50. The first-order valence-corrected chi connectivity index (χ1v) is 5.13. The third-order valence-corrected chi connectivity index (χ3v) is 2.55. The van der Waals surface area contributed by atoms with Crippen LogP contribution in [0.4, 0.5) is 0 Å². The third kappa shape index (κ3) is 2.91. The Labute approximate surface area is 91.7 Å². The maximum absolute atomic E-state index is 5.48. The van der Waals surface area contributed by atoms with Gasteiger partial charge in [-0.1, -0.05) is 36.4 Å². The van der Waals surface area contributed by atoms with Crippen molar-refractivity contribution >= 4 is 6.08 Å². The van der Waals surface area contributed by atoms with Crippen LogP contribution in [0.2, 0.25) is 0 Å². The van der Waals surface area contributed by atoms with Gasteiger partial charge in [0.1, 0.15) is 0 Å². The fraction of sp³-hybridized carbons (Fsp3) is 0.385. The Hall–Kier alpha value is -1.12. The second kappa shape index (κ2) is 5.10. The zero-order valence-electron chi connectivity index (χ0n) is 9.66. The Morgan fingerprint density at radius 3 is 2.60 bits per heavy atom. The second-order valence-electron chi connectivity index (χ2n) is 3.94. The molecule has 0 atom stereocenters. The van der Waals surface area contributed by atoms with E-state index in [2.05, 4.69) is 26.0 Å². The lowest BCUT2D eigenvalue weighted by Gasteiger charge is -2.25. The molecule has 2 heteroatoms. The minimum absolute atomic E-state index is 0.268. The van der Waals surface area contributed by atoms with Crippen LogP contribution < -0.4 is 5.73 Å². The van der Waals surface area contributed by atoms with E-state index in [1.54, 1.807) is 7.11 Å². The molecule has 1 rings (SSSR count). The van der Waals surface area contributed by atoms with Crippen molar-refractivity contribution in [3.63, 3.8) is 0 Å². The van der Waals surface area contributed by atoms with Gasteiger partial charge in [-0.2, -0.15) is 0 Å². The molecule has 0 aromatic heterocycles. The molecule has 0 saturated heterocycles. The zero-order valence-corrected chi connectivity index (χ0v) is 9.66. The number of rotatable bonds is 4. The largest absolute Gasteiger partial charge is 0.374 e. The highest BCUT2D eigenvalue weighted by molar-refractivity contribution is 5.55. The lowest BCUT2D eigenvalue weighted by molar-refractivity contribution is 0.0190. The molecule has 0 bridgehead atoms. The van der Waals surface area contributed by atoms with Crippen molar-refractivity contribution in [2.75, 3.05) is 13.7 Å². The molecular formula is C13H19NO. The van der Waals surface area contributed by atoms with Crippen LogP contribution in [0.1, 0.15) is 25.0 Å². The summed E-state index contributed by atoms with van der Waals surface area (Å²) in [6.07, 6.45) is 3.99. The van der Waals surface area contributed by atoms with Gasteiger partial charge >= 0.3 is 0 Å². The standard InChI is InChI=1S/C13H19NO/c1-13(2,15-3)12-9-5-4-7-11(12)8-6-10-14/h4-9H,10,14H2,1-3H3/b8-6+. The molecule has 0 unspecified atom stereocenters. The monoisotopic (exact) mass is 205 g/mol. The van der Waals surface area contributed by atoms with Gasteiger partial charge in [-0.15, -0.1) is 0 Å². The predicted octanol–water partition coefficient (Wildman–Crippen LogP) is 2.54. The lowest BCUT2D eigenvalue weighted by Crippen LogP contribution is -2.20. The fourth-order valence-electron chi connectivity index (χ4n) is 1.50. The van der Waals surface area contributed by atoms with Crippen molar-refractivity contribution in [1.82, 2.24) is 0 Å². The van der Waals surface area contributed by atoms with Crippen LogP contribution >= 0.6 is 0 Å². The minimum atomic E-state index is -0.268. The van der Waals surface area contributed by atoms with Gasteiger partial charge in [0.25, 0.3) is 0 Å². The maximum atomic E-state index is 5.48. The van der Waals surface area contributed by atoms with Crippen molar-refractivity contribution in [3.05, 3.63) is 41.5 Å². The van der Waals surface area contributed by atoms with E-state index in [1.807, 2.05) is 24.3 Å². The van der Waals surface area contributed by atoms with Crippen molar-refractivity contribution in [3.8, 4) is 0 Å². The molecule has 1 aromatic carbocycles. The van der Waals surface area contributed by atoms with Gasteiger partial charge in [-0.3, -0.25) is 0 Å². The van der Waals surface area contributed by atoms with E-state index in [0.717, 1.165) is 5.56 Å². The topological polar surface area (TPSA) is 35.2 Å². The number of ether oxygens (including phenoxy) is 1. The van der Waals surface area contributed by atoms with Gasteiger partial charge in [0, 0.05) is 13.7 Å². The SMILES string of the molecule is COC(C)(C)c1ccccc1/C=C/CN. The average molecular weight is 205 g/mol. The van der Waals surface area contributed by atoms with Crippen LogP contribution in [0.5, 0.6) is 0 Å². The highest BCUT2D eigenvalue weighted by Gasteiger charge is 2.21. The van der Waals surface area contributed by atoms with Crippen LogP contribution in [-0.2, 0) is 10.3 Å². The molecule has 1 aromatic rings. The van der Waals surface area contributed by atoms with Gasteiger partial charge in [-0.05, 0) is 25.0 Å². The maximum Gasteiger partial charge on any atom is 0.0877 e. The third-order valence-electron chi connectivity index (χ3n) is 2.55. The number of methoxy groups -OCH3 is 1. The Bertz CT molecular complexity index is 342. The van der Waals surface area contributed by atoms with E-state index < -0.39 is 0 Å². The summed E-state index contributed by atoms with van der Waals surface area (Å²) in [7, 11) is 1.73. The lowest BCUT2D eigenvalue weighted by atomic mass is 9.93. The van der Waals surface area contributed by atoms with Crippen molar-refractivity contribution < 1.29 is 4.74 Å². The van der Waals surface area contributed by atoms with Crippen LogP contribution in [0, 0.1) is 0 Å². The Morgan fingerprint density at radius 1 is 1.33 bits per heavy atom. The quantitative estimate of drug-likeness (QED) is 0.819. The molecule has 0 aliphatic heterocycles. The summed E-state index contributed by atoms with van der Waals surface area (Å²) < 4.78 is 5.48. The second-order valence-corrected chi connectivity index (χ2v) is 3.94. The van der Waals surface area contributed by atoms with E-state index in [9.17, 15) is 0 Å². The highest BCUT2D eigenvalue weighted by atomic mass is 16.5. The molecule has 0 saturated carbocycles. The van der Waals surface area contributed by atoms with E-state index in [1.165, 1.54) is 5.56 Å². The molecule has 0 aliphatic rings. The zero-order chi connectivity index (χ0) is 11.3. The molecule has 82 valence electrons. The van der Waals surface area contributed by atoms with Gasteiger partial charge in [-0.25, -0.2) is 0 Å². The Morgan fingerprint density at radius 2 is 2.00 bits per heavy atom. The van der Waals surface area contributed by atoms with Gasteiger partial charge in [0.05, 0.1) is 5.60 Å². The molecular weight excluding hydrogens is 186 g/mol. The molecule has 0 aliphatic carbocycles. The first-order chi connectivity index (χ1) is 7.11. The molecule has 15 heavy (non-hydrogen) atoms. The molecule has 0 heterocycles. The normalized spacial score (nSPS) is 12.3. The van der Waals surface area contributed by atoms with Crippen LogP contribution in [0.3, 0.4) is 0 Å². The first kappa shape index (κ1) is 12.0. The van der Waals surface area contributed by atoms with Crippen molar-refractivity contribution in [2.45, 2.75) is 19.4 Å². The number of nitrogens with two attached hydrogens (primary N) is 1. The number of hydrogen-bond acceptors (Lipinski definition) is 2. The summed E-state index contributed by atoms with van der Waals surface area (Å²) in [5.74, 6) is 0. The van der Waals surface area contributed by atoms with Crippen molar-refractivity contribution in [1.29, 1.82) is 0 Å². The average Bonchev–Trinajstić information content (AvgIpc) is 2.26. The highest BCUT2D eigenvalue weighted by Crippen LogP contribution is 2.27. The molecule has 0 radical (unpaired) electrons. The van der Waals surface area contributed by atoms with E-state index >= 15 is 0 Å². The van der Waals surface area contributed by atoms with Crippen molar-refractivity contribution in [2.24, 2.45) is 5.73 Å². The van der Waals surface area contributed by atoms with E-state index in [0.29, 0.717) is 6.54 Å². The summed E-state index contributed by atoms with van der Waals surface area (Å²) in [4.78, 5) is 0.